The summed E-state index contributed by atoms with van der Waals surface area (Å²) in [5.74, 6) is -0.257. The molecule has 12 rings (SSSR count). The van der Waals surface area contributed by atoms with Crippen molar-refractivity contribution in [1.29, 1.82) is 0 Å². The van der Waals surface area contributed by atoms with E-state index in [4.69, 9.17) is 58.5 Å². The molecule has 8 aromatic heterocycles. The van der Waals surface area contributed by atoms with E-state index in [1.807, 2.05) is 0 Å². The van der Waals surface area contributed by atoms with Crippen LogP contribution in [0.15, 0.2) is 44.5 Å². The maximum Gasteiger partial charge on any atom is 0.280 e. The summed E-state index contributed by atoms with van der Waals surface area (Å²) in [7, 11) is 0. The molecule has 4 saturated heterocycles. The summed E-state index contributed by atoms with van der Waals surface area (Å²) < 4.78 is 28.2. The molecule has 41 heteroatoms. The van der Waals surface area contributed by atoms with E-state index in [-0.39, 0.29) is 93.9 Å². The monoisotopic (exact) mass is 1230 g/mol. The van der Waals surface area contributed by atoms with Crippen LogP contribution < -0.4 is 67.3 Å². The maximum absolute atomic E-state index is 12.2. The number of aliphatic hydroxyl groups is 8. The van der Waals surface area contributed by atoms with Gasteiger partial charge in [-0.05, 0) is 27.7 Å². The molecule has 472 valence electrons. The number of nitrogens with one attached hydrogen (secondary N) is 6. The molecule has 0 bridgehead atoms. The Labute approximate surface area is 485 Å². The van der Waals surface area contributed by atoms with Gasteiger partial charge in [0.2, 0.25) is 23.8 Å². The van der Waals surface area contributed by atoms with Gasteiger partial charge in [-0.15, -0.1) is 0 Å². The smallest absolute Gasteiger partial charge is 0.280 e. The zero-order valence-electron chi connectivity index (χ0n) is 46.5. The second kappa shape index (κ2) is 25.2. The molecule has 41 nitrogen and oxygen atoms in total. The molecule has 0 radical (unpaired) electrons. The number of aromatic nitrogens is 16. The number of H-pyrrole nitrogens is 4. The Morgan fingerprint density at radius 2 is 0.839 bits per heavy atom. The van der Waals surface area contributed by atoms with E-state index in [1.54, 1.807) is 13.8 Å². The second-order valence-electron chi connectivity index (χ2n) is 21.1. The number of hydrogen-bond acceptors (Lipinski definition) is 33. The Hall–Kier alpha value is -8.37. The maximum atomic E-state index is 12.2. The van der Waals surface area contributed by atoms with Crippen molar-refractivity contribution in [3.05, 3.63) is 66.7 Å². The van der Waals surface area contributed by atoms with Gasteiger partial charge < -0.3 is 99.0 Å². The third-order valence-corrected chi connectivity index (χ3v) is 14.2. The van der Waals surface area contributed by atoms with Gasteiger partial charge in [0.1, 0.15) is 66.8 Å². The Bertz CT molecular complexity index is 3890. The number of anilines is 4. The third kappa shape index (κ3) is 12.5. The molecule has 0 unspecified atom stereocenters. The van der Waals surface area contributed by atoms with Crippen LogP contribution in [0.5, 0.6) is 0 Å². The van der Waals surface area contributed by atoms with Crippen molar-refractivity contribution in [3.63, 3.8) is 0 Å². The summed E-state index contributed by atoms with van der Waals surface area (Å²) in [6.07, 6.45) is -9.31. The van der Waals surface area contributed by atoms with Crippen LogP contribution in [-0.2, 0) is 23.7 Å². The van der Waals surface area contributed by atoms with Crippen LogP contribution in [0.3, 0.4) is 0 Å². The number of aromatic amines is 4. The number of fused-ring (bicyclic) bond motifs is 4. The number of nitrogens with two attached hydrogens (primary N) is 6. The molecule has 87 heavy (non-hydrogen) atoms. The van der Waals surface area contributed by atoms with Crippen LogP contribution in [0.25, 0.3) is 44.7 Å². The van der Waals surface area contributed by atoms with Crippen molar-refractivity contribution in [2.45, 2.75) is 131 Å². The third-order valence-electron chi connectivity index (χ3n) is 14.2. The van der Waals surface area contributed by atoms with Gasteiger partial charge in [0, 0.05) is 13.1 Å². The van der Waals surface area contributed by atoms with Crippen LogP contribution in [0.1, 0.15) is 52.6 Å². The lowest BCUT2D eigenvalue weighted by molar-refractivity contribution is -0.115. The van der Waals surface area contributed by atoms with E-state index in [0.717, 1.165) is 0 Å². The molecule has 4 aliphatic heterocycles. The van der Waals surface area contributed by atoms with Gasteiger partial charge in [-0.2, -0.15) is 19.9 Å². The van der Waals surface area contributed by atoms with Crippen LogP contribution in [0.4, 0.5) is 23.8 Å². The van der Waals surface area contributed by atoms with E-state index >= 15 is 0 Å². The molecule has 0 amide bonds. The first-order chi connectivity index (χ1) is 41.2. The first-order valence-corrected chi connectivity index (χ1v) is 26.4. The van der Waals surface area contributed by atoms with Crippen molar-refractivity contribution in [2.24, 2.45) is 11.5 Å². The minimum Gasteiger partial charge on any atom is -0.394 e. The van der Waals surface area contributed by atoms with Gasteiger partial charge in [0.05, 0.1) is 56.3 Å². The molecule has 0 saturated carbocycles. The first-order valence-electron chi connectivity index (χ1n) is 26.4. The standard InChI is InChI=1S/C23H32N12O8.2C10H14N6O4.C3H6O/c1-23(2,28-3-7-12(37)14(39)20(42-7)35-6-27-11-16(35)30-22(25)32-18(11)41)33-9-8(4-36)43-19(13(9)38)34-5-26-10-15(34)29-21(24)31-17(10)40;11-1-3-5(17)6(18)9(20-3)16-2-13-4-7(16)14-10(12)15-8(4)19;11-4-3(1-17)20-9(6(4)18)16-2-13-5-7(16)14-10(12)15-8(5)19;1-3(2)4/h5-9,12-14,19-20,28,33,36-39H,3-4H2,1-2H3,(H3,24,29,31,40)(H3,25,30,32,41);2-3,5-6,9,17-18H,1,11H2,(H3,12,14,15,19);2-4,6,9,17-18H,1,11H2,(H3,12,14,15,19);1-2H3/t7-,8-,9-,12-,13-,14-,19-,20-;3-,5-,6-,9-;3-,4-,6-,9-;/m111./s1. The normalized spacial score (nSPS) is 28.9. The number of ketones is 1. The minimum atomic E-state index is -1.38. The minimum absolute atomic E-state index is 0.00443. The largest absolute Gasteiger partial charge is 0.394 e. The predicted molar refractivity (Wildman–Crippen MR) is 298 cm³/mol. The molecular formula is C46H66N24O17. The quantitative estimate of drug-likeness (QED) is 0.0505. The lowest BCUT2D eigenvalue weighted by Gasteiger charge is -2.35. The Morgan fingerprint density at radius 3 is 1.17 bits per heavy atom. The Morgan fingerprint density at radius 1 is 0.529 bits per heavy atom. The highest BCUT2D eigenvalue weighted by atomic mass is 16.6. The summed E-state index contributed by atoms with van der Waals surface area (Å²) in [6, 6.07) is -1.56. The first kappa shape index (κ1) is 63.1. The number of aliphatic hydroxyl groups excluding tert-OH is 8. The molecular weight excluding hydrogens is 1160 g/mol. The number of hydrogen-bond donors (Lipinski definition) is 20. The highest BCUT2D eigenvalue weighted by molar-refractivity contribution is 5.73. The number of nitrogen functional groups attached to an aromatic ring is 4. The molecule has 26 N–H and O–H groups in total. The fourth-order valence-electron chi connectivity index (χ4n) is 10.1. The predicted octanol–water partition coefficient (Wildman–Crippen LogP) is -9.27. The van der Waals surface area contributed by atoms with Gasteiger partial charge in [-0.3, -0.25) is 68.0 Å². The average Bonchev–Trinajstić information content (AvgIpc) is 1.88. The molecule has 4 fully saturated rings. The summed E-state index contributed by atoms with van der Waals surface area (Å²) >= 11 is 0. The molecule has 0 spiro atoms. The highest BCUT2D eigenvalue weighted by Crippen LogP contribution is 2.35. The zero-order valence-corrected chi connectivity index (χ0v) is 46.5. The average molecular weight is 1230 g/mol. The summed E-state index contributed by atoms with van der Waals surface area (Å²) in [6.45, 7) is 5.89. The molecule has 4 aliphatic rings. The lowest BCUT2D eigenvalue weighted by atomic mass is 10.0. The number of carbonyl (C=O) groups is 1. The van der Waals surface area contributed by atoms with Crippen LogP contribution in [0.2, 0.25) is 0 Å². The van der Waals surface area contributed by atoms with Crippen molar-refractivity contribution in [3.8, 4) is 0 Å². The van der Waals surface area contributed by atoms with E-state index in [2.05, 4.69) is 70.4 Å². The van der Waals surface area contributed by atoms with E-state index in [0.29, 0.717) is 0 Å². The summed E-state index contributed by atoms with van der Waals surface area (Å²) in [4.78, 5) is 98.5. The van der Waals surface area contributed by atoms with E-state index in [1.165, 1.54) is 57.4 Å². The van der Waals surface area contributed by atoms with Gasteiger partial charge in [0.25, 0.3) is 22.2 Å². The number of imidazole rings is 4. The number of nitrogens with zero attached hydrogens (tertiary/aromatic N) is 12. The Kier molecular flexibility index (Phi) is 18.3. The van der Waals surface area contributed by atoms with Crippen molar-refractivity contribution in [2.75, 3.05) is 49.2 Å². The zero-order chi connectivity index (χ0) is 63.2. The molecule has 8 aromatic rings. The van der Waals surface area contributed by atoms with Crippen LogP contribution >= 0.6 is 0 Å². The summed E-state index contributed by atoms with van der Waals surface area (Å²) in [5, 5.41) is 88.2. The topological polar surface area (TPSA) is 650 Å². The molecule has 0 aliphatic carbocycles. The van der Waals surface area contributed by atoms with Crippen LogP contribution in [0, 0.1) is 0 Å². The van der Waals surface area contributed by atoms with Crippen molar-refractivity contribution < 1.29 is 64.6 Å². The van der Waals surface area contributed by atoms with Gasteiger partial charge in [0.15, 0.2) is 69.6 Å². The van der Waals surface area contributed by atoms with Gasteiger partial charge >= 0.3 is 0 Å². The Balaban J connectivity index is 0.000000169. The van der Waals surface area contributed by atoms with Gasteiger partial charge in [-0.25, -0.2) is 19.9 Å². The van der Waals surface area contributed by atoms with Crippen molar-refractivity contribution in [1.82, 2.24) is 88.7 Å². The summed E-state index contributed by atoms with van der Waals surface area (Å²) in [5.41, 5.74) is 31.2. The highest BCUT2D eigenvalue weighted by Gasteiger charge is 2.49. The van der Waals surface area contributed by atoms with Crippen molar-refractivity contribution >= 4 is 74.2 Å². The number of rotatable bonds is 12. The van der Waals surface area contributed by atoms with E-state index in [9.17, 15) is 59.7 Å². The number of Topliss-reactive ketones (excluding diaryl/α,β-unsaturated/α-hetero) is 1. The fraction of sp³-hybridized carbons (Fsp3) is 0.543. The number of carbonyl (C=O) groups excluding carboxylic acids is 1. The van der Waals surface area contributed by atoms with Gasteiger partial charge in [-0.1, -0.05) is 0 Å². The fourth-order valence-corrected chi connectivity index (χ4v) is 10.1. The SMILES string of the molecule is CC(C)(NC[C@H]1O[C@@H](n2cnc3c(=O)[nH]c(N)nc32)[C@H](O)[C@@H]1O)N[C@H]1[C@@H](O)[C@H](n2cnc3c(=O)[nH]c(N)nc32)O[C@@H]1CO.CC(C)=O.NC[C@H]1O[C@@H](n2cnc3c(=O)[nH]c(N)nc32)[C@H](O)[C@@H]1O.Nc1nc2c(ncn2[C@@H]2O[C@H](CO)[C@@H](N)[C@H]2O)c(=O)[nH]1. The second-order valence-corrected chi connectivity index (χ2v) is 21.1. The van der Waals surface area contributed by atoms with Crippen LogP contribution in [-0.4, -0.2) is 230 Å². The number of ether oxygens (including phenoxy) is 4. The van der Waals surface area contributed by atoms with E-state index < -0.39 is 133 Å². The molecule has 16 atom stereocenters. The molecule has 12 heterocycles. The lowest BCUT2D eigenvalue weighted by Crippen LogP contribution is -2.62. The molecule has 0 aromatic carbocycles.